The van der Waals surface area contributed by atoms with Crippen molar-refractivity contribution >= 4 is 23.4 Å². The van der Waals surface area contributed by atoms with Crippen molar-refractivity contribution in [3.8, 4) is 0 Å². The van der Waals surface area contributed by atoms with Crippen LogP contribution in [0.5, 0.6) is 0 Å². The molecule has 0 aliphatic carbocycles. The Morgan fingerprint density at radius 1 is 1.45 bits per heavy atom. The molecule has 1 heterocycles. The molecule has 0 spiro atoms. The fourth-order valence-corrected chi connectivity index (χ4v) is 2.72. The number of nitrogens with zero attached hydrogens (tertiary/aromatic N) is 2. The van der Waals surface area contributed by atoms with E-state index in [-0.39, 0.29) is 10.6 Å². The number of anilines is 1. The van der Waals surface area contributed by atoms with Crippen LogP contribution in [0.4, 0.5) is 11.4 Å². The van der Waals surface area contributed by atoms with E-state index in [1.807, 2.05) is 0 Å². The lowest BCUT2D eigenvalue weighted by atomic mass is 10.0. The van der Waals surface area contributed by atoms with Gasteiger partial charge in [0.2, 0.25) is 0 Å². The zero-order valence-electron chi connectivity index (χ0n) is 12.8. The molecule has 0 N–H and O–H groups in total. The second-order valence-electron chi connectivity index (χ2n) is 5.40. The first-order chi connectivity index (χ1) is 10.5. The van der Waals surface area contributed by atoms with Crippen molar-refractivity contribution in [2.24, 2.45) is 0 Å². The van der Waals surface area contributed by atoms with Gasteiger partial charge < -0.3 is 9.64 Å². The van der Waals surface area contributed by atoms with Crippen molar-refractivity contribution in [2.75, 3.05) is 18.6 Å². The van der Waals surface area contributed by atoms with E-state index in [1.54, 1.807) is 12.1 Å². The molecule has 0 bridgehead atoms. The number of piperidine rings is 1. The molecular formula is C16H20N2O4. The van der Waals surface area contributed by atoms with Crippen molar-refractivity contribution in [1.29, 1.82) is 0 Å². The van der Waals surface area contributed by atoms with Crippen molar-refractivity contribution in [1.82, 2.24) is 0 Å². The van der Waals surface area contributed by atoms with Crippen LogP contribution in [0.2, 0.25) is 0 Å². The Balaban J connectivity index is 2.33. The van der Waals surface area contributed by atoms with Crippen molar-refractivity contribution < 1.29 is 14.5 Å². The van der Waals surface area contributed by atoms with Gasteiger partial charge in [-0.05, 0) is 43.9 Å². The first-order valence-corrected chi connectivity index (χ1v) is 7.34. The summed E-state index contributed by atoms with van der Waals surface area (Å²) in [6.07, 6.45) is 6.02. The first-order valence-electron chi connectivity index (χ1n) is 7.34. The highest BCUT2D eigenvalue weighted by Crippen LogP contribution is 2.33. The van der Waals surface area contributed by atoms with E-state index < -0.39 is 5.97 Å². The number of hydrogen-bond donors (Lipinski definition) is 0. The largest absolute Gasteiger partial charge is 0.466 e. The summed E-state index contributed by atoms with van der Waals surface area (Å²) in [6, 6.07) is 5.33. The lowest BCUT2D eigenvalue weighted by molar-refractivity contribution is -0.384. The van der Waals surface area contributed by atoms with Crippen LogP contribution in [0.1, 0.15) is 31.7 Å². The first kappa shape index (κ1) is 16.0. The van der Waals surface area contributed by atoms with Gasteiger partial charge in [-0.1, -0.05) is 6.07 Å². The van der Waals surface area contributed by atoms with Gasteiger partial charge in [0.15, 0.2) is 0 Å². The third-order valence-electron chi connectivity index (χ3n) is 3.92. The van der Waals surface area contributed by atoms with E-state index in [1.165, 1.54) is 25.3 Å². The lowest BCUT2D eigenvalue weighted by Crippen LogP contribution is -2.37. The summed E-state index contributed by atoms with van der Waals surface area (Å²) in [5, 5.41) is 11.4. The number of benzene rings is 1. The predicted molar refractivity (Wildman–Crippen MR) is 84.8 cm³/mol. The molecule has 0 amide bonds. The van der Waals surface area contributed by atoms with Crippen LogP contribution in [0.15, 0.2) is 24.3 Å². The molecule has 1 aromatic rings. The summed E-state index contributed by atoms with van der Waals surface area (Å²) < 4.78 is 4.51. The zero-order valence-corrected chi connectivity index (χ0v) is 12.8. The van der Waals surface area contributed by atoms with Crippen LogP contribution in [0.25, 0.3) is 6.08 Å². The summed E-state index contributed by atoms with van der Waals surface area (Å²) in [7, 11) is 1.29. The fraction of sp³-hybridized carbons (Fsp3) is 0.438. The van der Waals surface area contributed by atoms with Crippen LogP contribution < -0.4 is 4.90 Å². The number of methoxy groups -OCH3 is 1. The number of nitro benzene ring substituents is 1. The Morgan fingerprint density at radius 2 is 2.23 bits per heavy atom. The normalized spacial score (nSPS) is 18.5. The number of rotatable bonds is 4. The summed E-state index contributed by atoms with van der Waals surface area (Å²) in [4.78, 5) is 24.2. The Hall–Kier alpha value is -2.37. The smallest absolute Gasteiger partial charge is 0.330 e. The fourth-order valence-electron chi connectivity index (χ4n) is 2.72. The highest BCUT2D eigenvalue weighted by atomic mass is 16.6. The Bertz CT molecular complexity index is 598. The molecule has 22 heavy (non-hydrogen) atoms. The molecule has 1 fully saturated rings. The lowest BCUT2D eigenvalue weighted by Gasteiger charge is -2.35. The number of hydrogen-bond acceptors (Lipinski definition) is 5. The Morgan fingerprint density at radius 3 is 2.86 bits per heavy atom. The molecule has 1 aliphatic rings. The molecule has 0 aromatic heterocycles. The molecule has 2 rings (SSSR count). The van der Waals surface area contributed by atoms with Crippen molar-refractivity contribution in [3.63, 3.8) is 0 Å². The number of nitro groups is 1. The van der Waals surface area contributed by atoms with Gasteiger partial charge in [-0.2, -0.15) is 0 Å². The maximum absolute atomic E-state index is 11.4. The van der Waals surface area contributed by atoms with Crippen LogP contribution in [0.3, 0.4) is 0 Å². The SMILES string of the molecule is COC(=O)/C=C/c1ccc(N2CCCCC2C)c([N+](=O)[O-])c1. The van der Waals surface area contributed by atoms with Gasteiger partial charge in [0, 0.05) is 24.7 Å². The van der Waals surface area contributed by atoms with E-state index >= 15 is 0 Å². The van der Waals surface area contributed by atoms with E-state index in [4.69, 9.17) is 0 Å². The average Bonchev–Trinajstić information content (AvgIpc) is 2.53. The van der Waals surface area contributed by atoms with Crippen molar-refractivity contribution in [3.05, 3.63) is 40.0 Å². The average molecular weight is 304 g/mol. The molecular weight excluding hydrogens is 284 g/mol. The summed E-state index contributed by atoms with van der Waals surface area (Å²) in [5.41, 5.74) is 1.32. The predicted octanol–water partition coefficient (Wildman–Crippen LogP) is 3.16. The molecule has 1 aromatic carbocycles. The van der Waals surface area contributed by atoms with E-state index in [0.29, 0.717) is 17.3 Å². The van der Waals surface area contributed by atoms with E-state index in [9.17, 15) is 14.9 Å². The number of esters is 1. The number of carbonyl (C=O) groups excluding carboxylic acids is 1. The van der Waals surface area contributed by atoms with Gasteiger partial charge in [0.1, 0.15) is 5.69 Å². The standard InChI is InChI=1S/C16H20N2O4/c1-12-5-3-4-10-17(12)14-8-6-13(7-9-16(19)22-2)11-15(14)18(20)21/h6-9,11-12H,3-5,10H2,1-2H3/b9-7+. The second kappa shape index (κ2) is 7.06. The van der Waals surface area contributed by atoms with Crippen LogP contribution in [-0.2, 0) is 9.53 Å². The third-order valence-corrected chi connectivity index (χ3v) is 3.92. The quantitative estimate of drug-likeness (QED) is 0.370. The van der Waals surface area contributed by atoms with Gasteiger partial charge in [-0.3, -0.25) is 10.1 Å². The van der Waals surface area contributed by atoms with Crippen molar-refractivity contribution in [2.45, 2.75) is 32.2 Å². The van der Waals surface area contributed by atoms with Gasteiger partial charge in [0.25, 0.3) is 5.69 Å². The minimum Gasteiger partial charge on any atom is -0.466 e. The highest BCUT2D eigenvalue weighted by Gasteiger charge is 2.25. The van der Waals surface area contributed by atoms with Gasteiger partial charge >= 0.3 is 5.97 Å². The van der Waals surface area contributed by atoms with E-state index in [0.717, 1.165) is 25.8 Å². The molecule has 6 nitrogen and oxygen atoms in total. The topological polar surface area (TPSA) is 72.7 Å². The molecule has 1 atom stereocenters. The maximum atomic E-state index is 11.4. The summed E-state index contributed by atoms with van der Waals surface area (Å²) >= 11 is 0. The van der Waals surface area contributed by atoms with Crippen LogP contribution in [-0.4, -0.2) is 30.6 Å². The second-order valence-corrected chi connectivity index (χ2v) is 5.40. The molecule has 0 radical (unpaired) electrons. The van der Waals surface area contributed by atoms with Crippen LogP contribution >= 0.6 is 0 Å². The highest BCUT2D eigenvalue weighted by molar-refractivity contribution is 5.87. The zero-order chi connectivity index (χ0) is 16.1. The maximum Gasteiger partial charge on any atom is 0.330 e. The third kappa shape index (κ3) is 3.63. The van der Waals surface area contributed by atoms with Gasteiger partial charge in [-0.15, -0.1) is 0 Å². The minimum atomic E-state index is -0.489. The molecule has 0 saturated carbocycles. The molecule has 6 heteroatoms. The molecule has 1 unspecified atom stereocenters. The van der Waals surface area contributed by atoms with Gasteiger partial charge in [0.05, 0.1) is 12.0 Å². The van der Waals surface area contributed by atoms with E-state index in [2.05, 4.69) is 16.6 Å². The molecule has 1 aliphatic heterocycles. The number of ether oxygens (including phenoxy) is 1. The Labute approximate surface area is 129 Å². The molecule has 118 valence electrons. The summed E-state index contributed by atoms with van der Waals surface area (Å²) in [5.74, 6) is -0.489. The minimum absolute atomic E-state index is 0.0702. The van der Waals surface area contributed by atoms with Crippen LogP contribution in [0, 0.1) is 10.1 Å². The monoisotopic (exact) mass is 304 g/mol. The Kier molecular flexibility index (Phi) is 5.14. The van der Waals surface area contributed by atoms with Gasteiger partial charge in [-0.25, -0.2) is 4.79 Å². The molecule has 1 saturated heterocycles. The summed E-state index contributed by atoms with van der Waals surface area (Å²) in [6.45, 7) is 2.92. The number of carbonyl (C=O) groups is 1.